The maximum absolute atomic E-state index is 14.6. The number of carbonyl (C=O) groups excluding carboxylic acids is 1. The van der Waals surface area contributed by atoms with Crippen LogP contribution in [0.1, 0.15) is 32.1 Å². The number of aromatic nitrogens is 5. The van der Waals surface area contributed by atoms with Crippen LogP contribution in [0.2, 0.25) is 0 Å². The summed E-state index contributed by atoms with van der Waals surface area (Å²) in [6.45, 7) is 0. The van der Waals surface area contributed by atoms with Gasteiger partial charge in [0.25, 0.3) is 0 Å². The fraction of sp³-hybridized carbons (Fsp3) is 0.188. The Morgan fingerprint density at radius 1 is 0.900 bits per heavy atom. The Bertz CT molecular complexity index is 1870. The number of H-pyrrole nitrogens is 2. The van der Waals surface area contributed by atoms with E-state index >= 15 is 0 Å². The first-order chi connectivity index (χ1) is 19.6. The van der Waals surface area contributed by atoms with Gasteiger partial charge < -0.3 is 10.3 Å². The maximum atomic E-state index is 14.6. The molecule has 2 aromatic carbocycles. The number of amides is 1. The summed E-state index contributed by atoms with van der Waals surface area (Å²) >= 11 is 0. The minimum absolute atomic E-state index is 0.0887. The Balaban J connectivity index is 1.23. The fourth-order valence-corrected chi connectivity index (χ4v) is 5.66. The summed E-state index contributed by atoms with van der Waals surface area (Å²) in [6, 6.07) is 22.1. The number of nitrogens with one attached hydrogen (secondary N) is 3. The standard InChI is InChI=1S/C32H27FN6O/c33-24-12-5-4-11-22(24)29-23-18-28(36-26(23)15-16-34-29)31-30-27(38-39-31)14-13-25(37-30)20-9-6-10-21(17-20)35-32(40)19-7-2-1-3-8-19/h4-6,9-19,36H,1-3,7-8H2,(H,35,40)(H,38,39). The first-order valence-electron chi connectivity index (χ1n) is 13.6. The number of anilines is 1. The van der Waals surface area contributed by atoms with Crippen molar-refractivity contribution in [2.24, 2.45) is 5.92 Å². The zero-order valence-electron chi connectivity index (χ0n) is 21.7. The first kappa shape index (κ1) is 24.2. The molecule has 4 aromatic heterocycles. The second-order valence-corrected chi connectivity index (χ2v) is 10.4. The number of fused-ring (bicyclic) bond motifs is 2. The lowest BCUT2D eigenvalue weighted by atomic mass is 9.88. The van der Waals surface area contributed by atoms with Gasteiger partial charge in [-0.2, -0.15) is 5.10 Å². The minimum Gasteiger partial charge on any atom is -0.353 e. The van der Waals surface area contributed by atoms with Gasteiger partial charge in [0.1, 0.15) is 17.0 Å². The number of rotatable bonds is 5. The van der Waals surface area contributed by atoms with E-state index in [4.69, 9.17) is 4.98 Å². The molecule has 7 rings (SSSR count). The molecule has 0 radical (unpaired) electrons. The van der Waals surface area contributed by atoms with Crippen molar-refractivity contribution in [2.45, 2.75) is 32.1 Å². The molecule has 0 bridgehead atoms. The maximum Gasteiger partial charge on any atom is 0.227 e. The van der Waals surface area contributed by atoms with Crippen LogP contribution >= 0.6 is 0 Å². The van der Waals surface area contributed by atoms with Crippen LogP contribution in [-0.2, 0) is 4.79 Å². The highest BCUT2D eigenvalue weighted by Gasteiger charge is 2.21. The number of nitrogens with zero attached hydrogens (tertiary/aromatic N) is 3. The molecule has 0 spiro atoms. The first-order valence-corrected chi connectivity index (χ1v) is 13.6. The second-order valence-electron chi connectivity index (χ2n) is 10.4. The highest BCUT2D eigenvalue weighted by atomic mass is 19.1. The number of halogens is 1. The number of benzene rings is 2. The number of carbonyl (C=O) groups is 1. The van der Waals surface area contributed by atoms with E-state index in [-0.39, 0.29) is 17.6 Å². The Morgan fingerprint density at radius 3 is 2.65 bits per heavy atom. The van der Waals surface area contributed by atoms with Crippen LogP contribution in [0.3, 0.4) is 0 Å². The van der Waals surface area contributed by atoms with Gasteiger partial charge in [-0.15, -0.1) is 0 Å². The summed E-state index contributed by atoms with van der Waals surface area (Å²) in [5.74, 6) is -0.134. The van der Waals surface area contributed by atoms with Gasteiger partial charge in [-0.3, -0.25) is 14.9 Å². The third-order valence-electron chi connectivity index (χ3n) is 7.74. The van der Waals surface area contributed by atoms with Gasteiger partial charge in [0.05, 0.1) is 22.6 Å². The van der Waals surface area contributed by atoms with E-state index in [1.54, 1.807) is 24.4 Å². The third kappa shape index (κ3) is 4.41. The van der Waals surface area contributed by atoms with Gasteiger partial charge in [-0.1, -0.05) is 43.5 Å². The number of hydrogen-bond acceptors (Lipinski definition) is 4. The van der Waals surface area contributed by atoms with E-state index < -0.39 is 0 Å². The quantitative estimate of drug-likeness (QED) is 0.215. The van der Waals surface area contributed by atoms with Crippen LogP contribution in [0.5, 0.6) is 0 Å². The van der Waals surface area contributed by atoms with Crippen molar-refractivity contribution in [3.8, 4) is 33.9 Å². The van der Waals surface area contributed by atoms with Gasteiger partial charge in [-0.25, -0.2) is 9.37 Å². The molecule has 40 heavy (non-hydrogen) atoms. The summed E-state index contributed by atoms with van der Waals surface area (Å²) in [6.07, 6.45) is 7.03. The van der Waals surface area contributed by atoms with Crippen molar-refractivity contribution in [2.75, 3.05) is 5.32 Å². The molecule has 1 fully saturated rings. The average Bonchev–Trinajstić information content (AvgIpc) is 3.62. The molecule has 1 aliphatic carbocycles. The van der Waals surface area contributed by atoms with Crippen LogP contribution in [0.25, 0.3) is 55.8 Å². The van der Waals surface area contributed by atoms with E-state index in [0.717, 1.165) is 64.7 Å². The summed E-state index contributed by atoms with van der Waals surface area (Å²) in [5.41, 5.74) is 7.21. The normalized spacial score (nSPS) is 14.1. The largest absolute Gasteiger partial charge is 0.353 e. The Labute approximate surface area is 229 Å². The highest BCUT2D eigenvalue weighted by molar-refractivity contribution is 5.99. The molecule has 0 unspecified atom stereocenters. The van der Waals surface area contributed by atoms with Crippen LogP contribution in [0.15, 0.2) is 79.0 Å². The van der Waals surface area contributed by atoms with Gasteiger partial charge in [0.2, 0.25) is 5.91 Å². The second kappa shape index (κ2) is 10.0. The summed E-state index contributed by atoms with van der Waals surface area (Å²) in [5, 5.41) is 11.5. The van der Waals surface area contributed by atoms with Crippen LogP contribution < -0.4 is 5.32 Å². The average molecular weight is 531 g/mol. The fourth-order valence-electron chi connectivity index (χ4n) is 5.66. The van der Waals surface area contributed by atoms with Gasteiger partial charge in [-0.05, 0) is 61.4 Å². The molecule has 0 aliphatic heterocycles. The lowest BCUT2D eigenvalue weighted by Gasteiger charge is -2.20. The minimum atomic E-state index is -0.320. The van der Waals surface area contributed by atoms with Gasteiger partial charge >= 0.3 is 0 Å². The Morgan fingerprint density at radius 2 is 1.77 bits per heavy atom. The van der Waals surface area contributed by atoms with E-state index in [0.29, 0.717) is 22.5 Å². The number of hydrogen-bond donors (Lipinski definition) is 3. The molecule has 7 nitrogen and oxygen atoms in total. The van der Waals surface area contributed by atoms with E-state index in [2.05, 4.69) is 25.5 Å². The molecule has 0 atom stereocenters. The molecule has 1 saturated carbocycles. The van der Waals surface area contributed by atoms with Gasteiger partial charge in [0.15, 0.2) is 0 Å². The summed E-state index contributed by atoms with van der Waals surface area (Å²) < 4.78 is 14.6. The smallest absolute Gasteiger partial charge is 0.227 e. The molecule has 3 N–H and O–H groups in total. The van der Waals surface area contributed by atoms with E-state index in [9.17, 15) is 9.18 Å². The Kier molecular flexibility index (Phi) is 6.07. The van der Waals surface area contributed by atoms with Crippen LogP contribution in [0, 0.1) is 11.7 Å². The van der Waals surface area contributed by atoms with Crippen molar-refractivity contribution >= 4 is 33.5 Å². The molecule has 6 aromatic rings. The van der Waals surface area contributed by atoms with E-state index in [1.165, 1.54) is 12.5 Å². The molecule has 8 heteroatoms. The predicted molar refractivity (Wildman–Crippen MR) is 155 cm³/mol. The lowest BCUT2D eigenvalue weighted by Crippen LogP contribution is -2.24. The molecular formula is C32H27FN6O. The summed E-state index contributed by atoms with van der Waals surface area (Å²) in [4.78, 5) is 25.6. The monoisotopic (exact) mass is 530 g/mol. The van der Waals surface area contributed by atoms with Crippen molar-refractivity contribution in [3.63, 3.8) is 0 Å². The van der Waals surface area contributed by atoms with Crippen molar-refractivity contribution in [3.05, 3.63) is 84.8 Å². The molecule has 4 heterocycles. The van der Waals surface area contributed by atoms with Crippen molar-refractivity contribution < 1.29 is 9.18 Å². The van der Waals surface area contributed by atoms with Crippen molar-refractivity contribution in [1.82, 2.24) is 25.1 Å². The highest BCUT2D eigenvalue weighted by Crippen LogP contribution is 2.34. The number of aromatic amines is 2. The lowest BCUT2D eigenvalue weighted by molar-refractivity contribution is -0.120. The zero-order chi connectivity index (χ0) is 27.1. The molecule has 0 saturated heterocycles. The molecule has 1 aliphatic rings. The predicted octanol–water partition coefficient (Wildman–Crippen LogP) is 7.49. The van der Waals surface area contributed by atoms with Crippen molar-refractivity contribution in [1.29, 1.82) is 0 Å². The zero-order valence-corrected chi connectivity index (χ0v) is 21.7. The molecule has 1 amide bonds. The Hall–Kier alpha value is -4.85. The number of pyridine rings is 2. The van der Waals surface area contributed by atoms with Gasteiger partial charge in [0, 0.05) is 39.8 Å². The molecular weight excluding hydrogens is 503 g/mol. The topological polar surface area (TPSA) is 99.4 Å². The molecule has 198 valence electrons. The summed E-state index contributed by atoms with van der Waals surface area (Å²) in [7, 11) is 0. The van der Waals surface area contributed by atoms with E-state index in [1.807, 2.05) is 48.5 Å². The third-order valence-corrected chi connectivity index (χ3v) is 7.74. The van der Waals surface area contributed by atoms with Crippen LogP contribution in [0.4, 0.5) is 10.1 Å². The SMILES string of the molecule is O=C(Nc1cccc(-c2ccc3[nH]nc(-c4cc5c(-c6ccccc6F)nccc5[nH]4)c3n2)c1)C1CCCCC1. The van der Waals surface area contributed by atoms with Crippen LogP contribution in [-0.4, -0.2) is 31.1 Å².